The lowest BCUT2D eigenvalue weighted by Crippen LogP contribution is -2.61. The molecule has 1 fully saturated rings. The largest absolute Gasteiger partial charge is 0.416 e. The van der Waals surface area contributed by atoms with Crippen LogP contribution in [0.2, 0.25) is 10.0 Å². The maximum atomic E-state index is 13.9. The standard InChI is InChI=1S/C28H27Cl2F3N4O5S/c1-43(41,42)37(22-11-18(10-19(12-22)28(31,32)33)27(40)35-24(15-38)26(34)39)23-13-36(14-23)25(16-2-6-20(29)7-3-16)17-4-8-21(30)9-5-17/h2-12,23-25,38H,13-15H2,1H3,(H2,34,39)(H,35,40)/t24-/m0/s1. The number of nitrogens with zero attached hydrogens (tertiary/aromatic N) is 2. The molecule has 0 spiro atoms. The maximum absolute atomic E-state index is 13.9. The average Bonchev–Trinajstić information content (AvgIpc) is 2.90. The second-order valence-electron chi connectivity index (χ2n) is 10.0. The van der Waals surface area contributed by atoms with Crippen molar-refractivity contribution in [3.05, 3.63) is 99.0 Å². The number of anilines is 1. The fourth-order valence-electron chi connectivity index (χ4n) is 4.91. The summed E-state index contributed by atoms with van der Waals surface area (Å²) >= 11 is 12.2. The van der Waals surface area contributed by atoms with Crippen LogP contribution in [0.15, 0.2) is 66.7 Å². The van der Waals surface area contributed by atoms with Crippen molar-refractivity contribution in [2.75, 3.05) is 30.3 Å². The molecule has 230 valence electrons. The summed E-state index contributed by atoms with van der Waals surface area (Å²) in [5.41, 5.74) is 4.57. The van der Waals surface area contributed by atoms with Gasteiger partial charge in [0.2, 0.25) is 15.9 Å². The number of hydrogen-bond acceptors (Lipinski definition) is 6. The summed E-state index contributed by atoms with van der Waals surface area (Å²) in [5.74, 6) is -2.26. The fraction of sp³-hybridized carbons (Fsp3) is 0.286. The van der Waals surface area contributed by atoms with Crippen LogP contribution in [0.4, 0.5) is 18.9 Å². The van der Waals surface area contributed by atoms with E-state index in [0.717, 1.165) is 27.8 Å². The maximum Gasteiger partial charge on any atom is 0.416 e. The molecule has 9 nitrogen and oxygen atoms in total. The smallest absolute Gasteiger partial charge is 0.394 e. The number of carbonyl (C=O) groups excluding carboxylic acids is 2. The number of aliphatic hydroxyl groups is 1. The van der Waals surface area contributed by atoms with Crippen molar-refractivity contribution in [1.82, 2.24) is 10.2 Å². The van der Waals surface area contributed by atoms with Gasteiger partial charge in [-0.3, -0.25) is 18.8 Å². The average molecular weight is 660 g/mol. The monoisotopic (exact) mass is 658 g/mol. The number of amides is 2. The van der Waals surface area contributed by atoms with E-state index in [-0.39, 0.29) is 24.8 Å². The van der Waals surface area contributed by atoms with Crippen molar-refractivity contribution in [3.8, 4) is 0 Å². The first-order chi connectivity index (χ1) is 20.1. The second-order valence-corrected chi connectivity index (χ2v) is 12.8. The van der Waals surface area contributed by atoms with Crippen LogP contribution >= 0.6 is 23.2 Å². The first-order valence-corrected chi connectivity index (χ1v) is 15.4. The number of benzene rings is 3. The minimum absolute atomic E-state index is 0.134. The SMILES string of the molecule is CS(=O)(=O)N(c1cc(C(=O)N[C@@H](CO)C(N)=O)cc(C(F)(F)F)c1)C1CN(C(c2ccc(Cl)cc2)c2ccc(Cl)cc2)C1. The number of hydrogen-bond donors (Lipinski definition) is 3. The molecular weight excluding hydrogens is 632 g/mol. The fourth-order valence-corrected chi connectivity index (χ4v) is 6.32. The van der Waals surface area contributed by atoms with Crippen LogP contribution in [-0.2, 0) is 21.0 Å². The Morgan fingerprint density at radius 2 is 1.53 bits per heavy atom. The topological polar surface area (TPSA) is 133 Å². The molecule has 1 aliphatic heterocycles. The minimum atomic E-state index is -4.94. The van der Waals surface area contributed by atoms with Gasteiger partial charge >= 0.3 is 6.18 Å². The van der Waals surface area contributed by atoms with Gasteiger partial charge in [0.1, 0.15) is 6.04 Å². The number of carbonyl (C=O) groups is 2. The Labute approximate surface area is 256 Å². The zero-order chi connectivity index (χ0) is 31.7. The van der Waals surface area contributed by atoms with E-state index in [1.165, 1.54) is 0 Å². The Kier molecular flexibility index (Phi) is 9.62. The first kappa shape index (κ1) is 32.6. The van der Waals surface area contributed by atoms with Gasteiger partial charge in [0.05, 0.1) is 36.2 Å². The number of nitrogens with two attached hydrogens (primary N) is 1. The minimum Gasteiger partial charge on any atom is -0.394 e. The van der Waals surface area contributed by atoms with Crippen molar-refractivity contribution in [2.24, 2.45) is 5.73 Å². The summed E-state index contributed by atoms with van der Waals surface area (Å²) in [4.78, 5) is 26.2. The molecule has 4 rings (SSSR count). The van der Waals surface area contributed by atoms with Crippen LogP contribution in [0.3, 0.4) is 0 Å². The number of alkyl halides is 3. The Balaban J connectivity index is 1.70. The molecule has 3 aromatic carbocycles. The molecule has 0 radical (unpaired) electrons. The van der Waals surface area contributed by atoms with E-state index in [9.17, 15) is 36.3 Å². The van der Waals surface area contributed by atoms with Crippen molar-refractivity contribution in [2.45, 2.75) is 24.3 Å². The molecule has 4 N–H and O–H groups in total. The van der Waals surface area contributed by atoms with Gasteiger partial charge in [-0.05, 0) is 53.6 Å². The van der Waals surface area contributed by atoms with E-state index in [1.807, 2.05) is 29.2 Å². The van der Waals surface area contributed by atoms with Crippen LogP contribution in [0.1, 0.15) is 33.1 Å². The van der Waals surface area contributed by atoms with Crippen LogP contribution in [0.5, 0.6) is 0 Å². The number of aliphatic hydroxyl groups excluding tert-OH is 1. The van der Waals surface area contributed by atoms with Gasteiger partial charge in [-0.2, -0.15) is 13.2 Å². The highest BCUT2D eigenvalue weighted by Crippen LogP contribution is 2.39. The number of likely N-dealkylation sites (tertiary alicyclic amines) is 1. The lowest BCUT2D eigenvalue weighted by Gasteiger charge is -2.49. The number of rotatable bonds is 10. The van der Waals surface area contributed by atoms with Gasteiger partial charge < -0.3 is 16.2 Å². The van der Waals surface area contributed by atoms with E-state index < -0.39 is 57.8 Å². The van der Waals surface area contributed by atoms with E-state index in [0.29, 0.717) is 22.2 Å². The molecule has 43 heavy (non-hydrogen) atoms. The van der Waals surface area contributed by atoms with Gasteiger partial charge in [-0.25, -0.2) is 8.42 Å². The van der Waals surface area contributed by atoms with Crippen molar-refractivity contribution >= 4 is 50.7 Å². The summed E-state index contributed by atoms with van der Waals surface area (Å²) in [6, 6.07) is 13.6. The quantitative estimate of drug-likeness (QED) is 0.303. The summed E-state index contributed by atoms with van der Waals surface area (Å²) < 4.78 is 68.5. The molecule has 2 amide bonds. The Hall–Kier alpha value is -3.36. The van der Waals surface area contributed by atoms with Gasteiger partial charge in [0, 0.05) is 28.7 Å². The van der Waals surface area contributed by atoms with E-state index in [1.54, 1.807) is 24.3 Å². The van der Waals surface area contributed by atoms with Gasteiger partial charge in [-0.1, -0.05) is 47.5 Å². The highest BCUT2D eigenvalue weighted by molar-refractivity contribution is 7.92. The van der Waals surface area contributed by atoms with Crippen LogP contribution in [-0.4, -0.2) is 68.3 Å². The summed E-state index contributed by atoms with van der Waals surface area (Å²) in [5, 5.41) is 12.4. The number of sulfonamides is 1. The predicted octanol–water partition coefficient (Wildman–Crippen LogP) is 3.83. The van der Waals surface area contributed by atoms with E-state index >= 15 is 0 Å². The van der Waals surface area contributed by atoms with Crippen LogP contribution < -0.4 is 15.4 Å². The van der Waals surface area contributed by atoms with Crippen molar-refractivity contribution in [1.29, 1.82) is 0 Å². The van der Waals surface area contributed by atoms with E-state index in [2.05, 4.69) is 5.32 Å². The summed E-state index contributed by atoms with van der Waals surface area (Å²) in [6.07, 6.45) is -4.07. The molecule has 15 heteroatoms. The zero-order valence-electron chi connectivity index (χ0n) is 22.6. The molecule has 1 aliphatic rings. The van der Waals surface area contributed by atoms with Crippen molar-refractivity contribution in [3.63, 3.8) is 0 Å². The van der Waals surface area contributed by atoms with Crippen LogP contribution in [0.25, 0.3) is 0 Å². The zero-order valence-corrected chi connectivity index (χ0v) is 24.9. The van der Waals surface area contributed by atoms with Gasteiger partial charge in [0.25, 0.3) is 5.91 Å². The number of primary amides is 1. The normalized spacial score (nSPS) is 15.2. The number of nitrogens with one attached hydrogen (secondary N) is 1. The lowest BCUT2D eigenvalue weighted by atomic mass is 9.93. The van der Waals surface area contributed by atoms with Crippen LogP contribution in [0, 0.1) is 0 Å². The first-order valence-electron chi connectivity index (χ1n) is 12.8. The molecule has 0 aromatic heterocycles. The molecule has 0 bridgehead atoms. The molecule has 0 unspecified atom stereocenters. The highest BCUT2D eigenvalue weighted by Gasteiger charge is 2.42. The highest BCUT2D eigenvalue weighted by atomic mass is 35.5. The Morgan fingerprint density at radius 3 is 1.95 bits per heavy atom. The Morgan fingerprint density at radius 1 is 1.02 bits per heavy atom. The number of halogens is 5. The van der Waals surface area contributed by atoms with Gasteiger partial charge in [-0.15, -0.1) is 0 Å². The van der Waals surface area contributed by atoms with Crippen molar-refractivity contribution < 1.29 is 36.3 Å². The third-order valence-corrected chi connectivity index (χ3v) is 8.64. The Bertz CT molecular complexity index is 1550. The summed E-state index contributed by atoms with van der Waals surface area (Å²) in [7, 11) is -4.15. The molecule has 3 aromatic rings. The second kappa shape index (κ2) is 12.7. The third-order valence-electron chi connectivity index (χ3n) is 6.91. The molecule has 1 heterocycles. The molecule has 1 saturated heterocycles. The molecule has 0 saturated carbocycles. The third kappa shape index (κ3) is 7.60. The molecular formula is C28H27Cl2F3N4O5S. The molecule has 0 aliphatic carbocycles. The van der Waals surface area contributed by atoms with Gasteiger partial charge in [0.15, 0.2) is 0 Å². The lowest BCUT2D eigenvalue weighted by molar-refractivity contribution is -0.137. The summed E-state index contributed by atoms with van der Waals surface area (Å²) in [6.45, 7) is -0.618. The van der Waals surface area contributed by atoms with E-state index in [4.69, 9.17) is 28.9 Å². The molecule has 1 atom stereocenters. The predicted molar refractivity (Wildman–Crippen MR) is 156 cm³/mol.